The summed E-state index contributed by atoms with van der Waals surface area (Å²) in [6.45, 7) is 10.2. The van der Waals surface area contributed by atoms with Gasteiger partial charge in [-0.05, 0) is 20.3 Å². The Balaban J connectivity index is 0. The van der Waals surface area contributed by atoms with Crippen molar-refractivity contribution in [3.8, 4) is 0 Å². The maximum Gasteiger partial charge on any atom is 0.267 e. The van der Waals surface area contributed by atoms with Crippen molar-refractivity contribution in [1.82, 2.24) is 5.32 Å². The van der Waals surface area contributed by atoms with Crippen molar-refractivity contribution in [2.45, 2.75) is 46.1 Å². The molecule has 0 unspecified atom stereocenters. The molecule has 0 aliphatic heterocycles. The van der Waals surface area contributed by atoms with Crippen LogP contribution in [0.3, 0.4) is 0 Å². The zero-order chi connectivity index (χ0) is 15.0. The van der Waals surface area contributed by atoms with E-state index in [0.29, 0.717) is 0 Å². The highest BCUT2D eigenvalue weighted by atomic mass is 32.2. The van der Waals surface area contributed by atoms with Gasteiger partial charge in [0.05, 0.1) is 11.3 Å². The molecule has 0 spiro atoms. The Morgan fingerprint density at radius 1 is 1.33 bits per heavy atom. The Bertz CT molecular complexity index is 375. The van der Waals surface area contributed by atoms with Gasteiger partial charge in [0.25, 0.3) is 10.1 Å². The van der Waals surface area contributed by atoms with Crippen molar-refractivity contribution in [1.29, 1.82) is 0 Å². The molecule has 0 fully saturated rings. The van der Waals surface area contributed by atoms with Crippen molar-refractivity contribution in [2.75, 3.05) is 5.75 Å². The Hall–Kier alpha value is -1.08. The summed E-state index contributed by atoms with van der Waals surface area (Å²) in [6, 6.07) is 0. The van der Waals surface area contributed by atoms with Crippen LogP contribution in [0.25, 0.3) is 0 Å². The summed E-state index contributed by atoms with van der Waals surface area (Å²) in [6.07, 6.45) is 1.18. The van der Waals surface area contributed by atoms with Crippen LogP contribution in [-0.4, -0.2) is 30.2 Å². The van der Waals surface area contributed by atoms with Crippen molar-refractivity contribution in [3.63, 3.8) is 0 Å². The summed E-state index contributed by atoms with van der Waals surface area (Å²) in [7, 11) is -4.05. The van der Waals surface area contributed by atoms with E-state index < -0.39 is 21.4 Å². The van der Waals surface area contributed by atoms with E-state index in [2.05, 4.69) is 11.9 Å². The molecule has 0 heterocycles. The first-order valence-corrected chi connectivity index (χ1v) is 7.23. The first kappa shape index (κ1) is 19.3. The maximum atomic E-state index is 10.9. The average Bonchev–Trinajstić information content (AvgIpc) is 2.13. The molecule has 0 aliphatic rings. The zero-order valence-corrected chi connectivity index (χ0v) is 12.3. The number of carbonyl (C=O) groups is 1. The van der Waals surface area contributed by atoms with Gasteiger partial charge >= 0.3 is 0 Å². The summed E-state index contributed by atoms with van der Waals surface area (Å²) in [4.78, 5) is 10.9. The van der Waals surface area contributed by atoms with Crippen LogP contribution in [-0.2, 0) is 14.9 Å². The van der Waals surface area contributed by atoms with Crippen molar-refractivity contribution < 1.29 is 17.8 Å². The lowest BCUT2D eigenvalue weighted by molar-refractivity contribution is -0.122. The van der Waals surface area contributed by atoms with E-state index in [0.717, 1.165) is 12.1 Å². The second-order valence-corrected chi connectivity index (χ2v) is 5.98. The van der Waals surface area contributed by atoms with E-state index in [-0.39, 0.29) is 12.3 Å². The van der Waals surface area contributed by atoms with Crippen LogP contribution in [0, 0.1) is 0 Å². The van der Waals surface area contributed by atoms with Gasteiger partial charge in [-0.1, -0.05) is 20.4 Å². The number of nitrogens with two attached hydrogens (primary N) is 1. The van der Waals surface area contributed by atoms with Crippen LogP contribution >= 0.6 is 0 Å². The maximum absolute atomic E-state index is 10.9. The van der Waals surface area contributed by atoms with Gasteiger partial charge in [0, 0.05) is 12.1 Å². The lowest BCUT2D eigenvalue weighted by Crippen LogP contribution is -2.48. The number of nitrogens with one attached hydrogen (secondary N) is 1. The van der Waals surface area contributed by atoms with Crippen molar-refractivity contribution in [3.05, 3.63) is 12.3 Å². The molecule has 108 valence electrons. The van der Waals surface area contributed by atoms with Crippen LogP contribution in [0.4, 0.5) is 0 Å². The molecule has 0 atom stereocenters. The number of carbonyl (C=O) groups excluding carboxylic acids is 1. The quantitative estimate of drug-likeness (QED) is 0.652. The molecule has 0 aromatic heterocycles. The second kappa shape index (κ2) is 8.10. The minimum Gasteiger partial charge on any atom is -0.403 e. The van der Waals surface area contributed by atoms with Crippen molar-refractivity contribution >= 4 is 16.0 Å². The highest BCUT2D eigenvalue weighted by Gasteiger charge is 2.25. The molecule has 0 aromatic rings. The van der Waals surface area contributed by atoms with E-state index in [1.807, 2.05) is 6.92 Å². The molecular weight excluding hydrogens is 256 g/mol. The van der Waals surface area contributed by atoms with Crippen LogP contribution in [0.2, 0.25) is 0 Å². The standard InChI is InChI=1S/C7H15NO4S.C4H9N/c1-4-6(9)8-7(2,3)5-13(10,11)12;1-3-4(2)5/h4-5H2,1-3H3,(H,8,9)(H,10,11,12);2-3,5H2,1H3. The molecule has 4 N–H and O–H groups in total. The topological polar surface area (TPSA) is 109 Å². The molecular formula is C11H24N2O4S. The SMILES string of the molecule is C=C(N)CC.CCC(=O)NC(C)(C)CS(=O)(=O)O. The predicted molar refractivity (Wildman–Crippen MR) is 72.5 cm³/mol. The number of hydrogen-bond donors (Lipinski definition) is 3. The van der Waals surface area contributed by atoms with Crippen molar-refractivity contribution in [2.24, 2.45) is 5.73 Å². The monoisotopic (exact) mass is 280 g/mol. The second-order valence-electron chi connectivity index (χ2n) is 4.52. The minimum absolute atomic E-state index is 0.242. The first-order chi connectivity index (χ1) is 7.93. The van der Waals surface area contributed by atoms with E-state index in [9.17, 15) is 13.2 Å². The van der Waals surface area contributed by atoms with E-state index >= 15 is 0 Å². The number of hydrogen-bond acceptors (Lipinski definition) is 4. The molecule has 0 bridgehead atoms. The lowest BCUT2D eigenvalue weighted by atomic mass is 10.1. The zero-order valence-electron chi connectivity index (χ0n) is 11.5. The van der Waals surface area contributed by atoms with Gasteiger partial charge in [0.2, 0.25) is 5.91 Å². The van der Waals surface area contributed by atoms with Crippen LogP contribution in [0.1, 0.15) is 40.5 Å². The molecule has 0 radical (unpaired) electrons. The minimum atomic E-state index is -4.05. The summed E-state index contributed by atoms with van der Waals surface area (Å²) in [5.41, 5.74) is 4.92. The summed E-state index contributed by atoms with van der Waals surface area (Å²) < 4.78 is 29.6. The Morgan fingerprint density at radius 3 is 1.94 bits per heavy atom. The van der Waals surface area contributed by atoms with E-state index in [1.54, 1.807) is 6.92 Å². The van der Waals surface area contributed by atoms with E-state index in [4.69, 9.17) is 10.3 Å². The van der Waals surface area contributed by atoms with E-state index in [1.165, 1.54) is 13.8 Å². The fourth-order valence-corrected chi connectivity index (χ4v) is 1.94. The van der Waals surface area contributed by atoms with Gasteiger partial charge in [0.15, 0.2) is 0 Å². The summed E-state index contributed by atoms with van der Waals surface area (Å²) >= 11 is 0. The third-order valence-corrected chi connectivity index (χ3v) is 2.88. The molecule has 0 aromatic carbocycles. The third-order valence-electron chi connectivity index (χ3n) is 1.80. The fourth-order valence-electron chi connectivity index (χ4n) is 0.958. The molecule has 0 aliphatic carbocycles. The highest BCUT2D eigenvalue weighted by Crippen LogP contribution is 2.05. The highest BCUT2D eigenvalue weighted by molar-refractivity contribution is 7.85. The Kier molecular flexibility index (Phi) is 8.67. The molecule has 18 heavy (non-hydrogen) atoms. The summed E-state index contributed by atoms with van der Waals surface area (Å²) in [5.74, 6) is -0.722. The van der Waals surface area contributed by atoms with Gasteiger partial charge in [0.1, 0.15) is 0 Å². The van der Waals surface area contributed by atoms with Gasteiger partial charge in [-0.3, -0.25) is 9.35 Å². The predicted octanol–water partition coefficient (Wildman–Crippen LogP) is 1.05. The summed E-state index contributed by atoms with van der Waals surface area (Å²) in [5, 5.41) is 2.48. The molecule has 0 saturated carbocycles. The molecule has 7 heteroatoms. The van der Waals surface area contributed by atoms with Crippen LogP contribution < -0.4 is 11.1 Å². The number of allylic oxidation sites excluding steroid dienone is 1. The first-order valence-electron chi connectivity index (χ1n) is 5.63. The largest absolute Gasteiger partial charge is 0.403 e. The third kappa shape index (κ3) is 14.9. The van der Waals surface area contributed by atoms with Gasteiger partial charge in [-0.15, -0.1) is 0 Å². The molecule has 0 rings (SSSR count). The molecule has 6 nitrogen and oxygen atoms in total. The number of rotatable bonds is 5. The smallest absolute Gasteiger partial charge is 0.267 e. The Labute approximate surface area is 109 Å². The van der Waals surface area contributed by atoms with Gasteiger partial charge in [-0.2, -0.15) is 8.42 Å². The van der Waals surface area contributed by atoms with Gasteiger partial charge in [-0.25, -0.2) is 0 Å². The molecule has 0 saturated heterocycles. The van der Waals surface area contributed by atoms with Crippen LogP contribution in [0.15, 0.2) is 12.3 Å². The molecule has 1 amide bonds. The van der Waals surface area contributed by atoms with Gasteiger partial charge < -0.3 is 11.1 Å². The average molecular weight is 280 g/mol. The normalized spacial score (nSPS) is 11.2. The number of amides is 1. The Morgan fingerprint density at radius 2 is 1.72 bits per heavy atom. The van der Waals surface area contributed by atoms with Crippen LogP contribution in [0.5, 0.6) is 0 Å². The fraction of sp³-hybridized carbons (Fsp3) is 0.727. The lowest BCUT2D eigenvalue weighted by Gasteiger charge is -2.24.